The fourth-order valence-electron chi connectivity index (χ4n) is 2.16. The van der Waals surface area contributed by atoms with Crippen LogP contribution in [-0.2, 0) is 9.59 Å². The van der Waals surface area contributed by atoms with Crippen molar-refractivity contribution in [3.8, 4) is 5.75 Å². The van der Waals surface area contributed by atoms with E-state index in [1.807, 2.05) is 6.92 Å². The molecule has 1 aromatic rings. The molecule has 6 heteroatoms. The third-order valence-electron chi connectivity index (χ3n) is 3.18. The van der Waals surface area contributed by atoms with E-state index in [0.717, 1.165) is 0 Å². The first-order chi connectivity index (χ1) is 10.6. The van der Waals surface area contributed by atoms with Crippen molar-refractivity contribution in [3.05, 3.63) is 48.0 Å². The molecule has 0 aliphatic carbocycles. The predicted molar refractivity (Wildman–Crippen MR) is 86.1 cm³/mol. The number of carbonyl (C=O) groups is 2. The lowest BCUT2D eigenvalue weighted by molar-refractivity contribution is -0.131. The average Bonchev–Trinajstić information content (AvgIpc) is 2.99. The smallest absolute Gasteiger partial charge is 0.251 e. The monoisotopic (exact) mass is 320 g/mol. The SMILES string of the molecule is C=CC(=O)N1CC=C[C@H]1C(=O)Nc1ccc(OCC)c(Cl)c1. The number of halogens is 1. The summed E-state index contributed by atoms with van der Waals surface area (Å²) in [5, 5.41) is 3.16. The van der Waals surface area contributed by atoms with Crippen LogP contribution in [0.25, 0.3) is 0 Å². The molecule has 1 N–H and O–H groups in total. The van der Waals surface area contributed by atoms with E-state index in [0.29, 0.717) is 29.6 Å². The van der Waals surface area contributed by atoms with E-state index in [2.05, 4.69) is 11.9 Å². The van der Waals surface area contributed by atoms with Gasteiger partial charge in [-0.3, -0.25) is 9.59 Å². The van der Waals surface area contributed by atoms with Crippen LogP contribution < -0.4 is 10.1 Å². The summed E-state index contributed by atoms with van der Waals surface area (Å²) in [5.41, 5.74) is 0.546. The van der Waals surface area contributed by atoms with E-state index in [1.54, 1.807) is 30.4 Å². The Hall–Kier alpha value is -2.27. The van der Waals surface area contributed by atoms with E-state index < -0.39 is 6.04 Å². The van der Waals surface area contributed by atoms with Crippen molar-refractivity contribution in [2.24, 2.45) is 0 Å². The Morgan fingerprint density at radius 1 is 1.55 bits per heavy atom. The number of nitrogens with one attached hydrogen (secondary N) is 1. The van der Waals surface area contributed by atoms with Crippen molar-refractivity contribution >= 4 is 29.1 Å². The molecule has 0 saturated heterocycles. The first-order valence-corrected chi connectivity index (χ1v) is 7.27. The van der Waals surface area contributed by atoms with Crippen molar-refractivity contribution in [3.63, 3.8) is 0 Å². The summed E-state index contributed by atoms with van der Waals surface area (Å²) in [5.74, 6) is -0.0227. The van der Waals surface area contributed by atoms with E-state index in [4.69, 9.17) is 16.3 Å². The number of amides is 2. The first-order valence-electron chi connectivity index (χ1n) is 6.89. The minimum absolute atomic E-state index is 0.283. The van der Waals surface area contributed by atoms with Crippen LogP contribution in [0.2, 0.25) is 5.02 Å². The maximum absolute atomic E-state index is 12.3. The Kier molecular flexibility index (Phi) is 5.22. The average molecular weight is 321 g/mol. The van der Waals surface area contributed by atoms with E-state index >= 15 is 0 Å². The lowest BCUT2D eigenvalue weighted by atomic mass is 10.2. The molecule has 0 unspecified atom stereocenters. The Balaban J connectivity index is 2.08. The van der Waals surface area contributed by atoms with Crippen molar-refractivity contribution in [1.29, 1.82) is 0 Å². The molecule has 1 aliphatic heterocycles. The van der Waals surface area contributed by atoms with Gasteiger partial charge in [0.25, 0.3) is 5.91 Å². The van der Waals surface area contributed by atoms with Crippen LogP contribution in [0, 0.1) is 0 Å². The molecule has 2 rings (SSSR count). The van der Waals surface area contributed by atoms with Crippen LogP contribution in [-0.4, -0.2) is 35.9 Å². The molecule has 5 nitrogen and oxygen atoms in total. The highest BCUT2D eigenvalue weighted by molar-refractivity contribution is 6.32. The van der Waals surface area contributed by atoms with Crippen molar-refractivity contribution in [2.45, 2.75) is 13.0 Å². The highest BCUT2D eigenvalue weighted by atomic mass is 35.5. The second kappa shape index (κ2) is 7.13. The van der Waals surface area contributed by atoms with Gasteiger partial charge in [0, 0.05) is 12.2 Å². The molecule has 0 spiro atoms. The Morgan fingerprint density at radius 2 is 2.32 bits per heavy atom. The molecule has 1 heterocycles. The Morgan fingerprint density at radius 3 is 2.95 bits per heavy atom. The van der Waals surface area contributed by atoms with E-state index in [-0.39, 0.29) is 11.8 Å². The zero-order chi connectivity index (χ0) is 16.1. The van der Waals surface area contributed by atoms with E-state index in [9.17, 15) is 9.59 Å². The predicted octanol–water partition coefficient (Wildman–Crippen LogP) is 2.63. The second-order valence-corrected chi connectivity index (χ2v) is 5.04. The van der Waals surface area contributed by atoms with Crippen LogP contribution in [0.15, 0.2) is 43.0 Å². The summed E-state index contributed by atoms with van der Waals surface area (Å²) in [6, 6.07) is 4.37. The number of rotatable bonds is 5. The molecule has 116 valence electrons. The summed E-state index contributed by atoms with van der Waals surface area (Å²) in [4.78, 5) is 25.4. The van der Waals surface area contributed by atoms with Crippen molar-refractivity contribution in [1.82, 2.24) is 4.90 Å². The zero-order valence-electron chi connectivity index (χ0n) is 12.2. The summed E-state index contributed by atoms with van der Waals surface area (Å²) in [7, 11) is 0. The van der Waals surface area contributed by atoms with Crippen molar-refractivity contribution < 1.29 is 14.3 Å². The standard InChI is InChI=1S/C16H17ClN2O3/c1-3-15(20)19-9-5-6-13(19)16(21)18-11-7-8-14(22-4-2)12(17)10-11/h3,5-8,10,13H,1,4,9H2,2H3,(H,18,21)/t13-/m0/s1. The molecule has 0 bridgehead atoms. The zero-order valence-corrected chi connectivity index (χ0v) is 13.0. The summed E-state index contributed by atoms with van der Waals surface area (Å²) < 4.78 is 5.34. The van der Waals surface area contributed by atoms with Gasteiger partial charge in [0.2, 0.25) is 5.91 Å². The van der Waals surface area contributed by atoms with Crippen LogP contribution in [0.1, 0.15) is 6.92 Å². The molecular weight excluding hydrogens is 304 g/mol. The Bertz CT molecular complexity index is 628. The number of hydrogen-bond donors (Lipinski definition) is 1. The van der Waals surface area contributed by atoms with Gasteiger partial charge in [-0.15, -0.1) is 0 Å². The third-order valence-corrected chi connectivity index (χ3v) is 3.48. The normalized spacial score (nSPS) is 16.5. The molecule has 0 fully saturated rings. The highest BCUT2D eigenvalue weighted by Gasteiger charge is 2.29. The van der Waals surface area contributed by atoms with Gasteiger partial charge in [-0.1, -0.05) is 30.3 Å². The molecule has 2 amide bonds. The molecule has 1 aromatic carbocycles. The van der Waals surface area contributed by atoms with Crippen LogP contribution in [0.4, 0.5) is 5.69 Å². The van der Waals surface area contributed by atoms with Gasteiger partial charge in [-0.25, -0.2) is 0 Å². The molecule has 1 aliphatic rings. The summed E-state index contributed by atoms with van der Waals surface area (Å²) in [6.07, 6.45) is 4.66. The maximum atomic E-state index is 12.3. The molecule has 22 heavy (non-hydrogen) atoms. The number of nitrogens with zero attached hydrogens (tertiary/aromatic N) is 1. The lowest BCUT2D eigenvalue weighted by Gasteiger charge is -2.22. The van der Waals surface area contributed by atoms with Gasteiger partial charge in [-0.2, -0.15) is 0 Å². The van der Waals surface area contributed by atoms with Crippen molar-refractivity contribution in [2.75, 3.05) is 18.5 Å². The fourth-order valence-corrected chi connectivity index (χ4v) is 2.40. The number of ether oxygens (including phenoxy) is 1. The second-order valence-electron chi connectivity index (χ2n) is 4.64. The topological polar surface area (TPSA) is 58.6 Å². The quantitative estimate of drug-likeness (QED) is 0.670. The number of carbonyl (C=O) groups excluding carboxylic acids is 2. The van der Waals surface area contributed by atoms with Gasteiger partial charge < -0.3 is 15.0 Å². The van der Waals surface area contributed by atoms with Gasteiger partial charge in [0.1, 0.15) is 11.8 Å². The number of hydrogen-bond acceptors (Lipinski definition) is 3. The van der Waals surface area contributed by atoms with Gasteiger partial charge in [0.15, 0.2) is 0 Å². The lowest BCUT2D eigenvalue weighted by Crippen LogP contribution is -2.42. The molecule has 0 radical (unpaired) electrons. The highest BCUT2D eigenvalue weighted by Crippen LogP contribution is 2.28. The van der Waals surface area contributed by atoms with Gasteiger partial charge in [0.05, 0.1) is 11.6 Å². The summed E-state index contributed by atoms with van der Waals surface area (Å²) in [6.45, 7) is 6.21. The molecular formula is C16H17ClN2O3. The third kappa shape index (κ3) is 3.49. The summed E-state index contributed by atoms with van der Waals surface area (Å²) >= 11 is 6.08. The fraction of sp³-hybridized carbons (Fsp3) is 0.250. The minimum atomic E-state index is -0.643. The van der Waals surface area contributed by atoms with Crippen LogP contribution >= 0.6 is 11.6 Å². The maximum Gasteiger partial charge on any atom is 0.251 e. The van der Waals surface area contributed by atoms with Crippen LogP contribution in [0.5, 0.6) is 5.75 Å². The first kappa shape index (κ1) is 16.1. The van der Waals surface area contributed by atoms with Gasteiger partial charge in [-0.05, 0) is 31.2 Å². The van der Waals surface area contributed by atoms with E-state index in [1.165, 1.54) is 11.0 Å². The molecule has 0 saturated carbocycles. The minimum Gasteiger partial charge on any atom is -0.492 e. The number of benzene rings is 1. The molecule has 1 atom stereocenters. The number of anilines is 1. The van der Waals surface area contributed by atoms with Crippen LogP contribution in [0.3, 0.4) is 0 Å². The Labute approximate surface area is 134 Å². The molecule has 0 aromatic heterocycles. The largest absolute Gasteiger partial charge is 0.492 e. The van der Waals surface area contributed by atoms with Gasteiger partial charge >= 0.3 is 0 Å².